The van der Waals surface area contributed by atoms with E-state index in [0.717, 1.165) is 19.3 Å². The van der Waals surface area contributed by atoms with E-state index < -0.39 is 0 Å². The molecule has 0 bridgehead atoms. The predicted octanol–water partition coefficient (Wildman–Crippen LogP) is 0.490. The van der Waals surface area contributed by atoms with Crippen LogP contribution in [0.3, 0.4) is 0 Å². The molecule has 0 aromatic heterocycles. The molecule has 0 atom stereocenters. The zero-order valence-corrected chi connectivity index (χ0v) is 12.5. The number of rotatable bonds is 3. The molecule has 1 aromatic rings. The SMILES string of the molecule is CCc1cc(CC)cc(CC)c1.[H-].[K+]. The molecule has 0 nitrogen and oxygen atoms in total. The van der Waals surface area contributed by atoms with Crippen LogP contribution in [0.4, 0.5) is 0 Å². The Labute approximate surface area is 126 Å². The van der Waals surface area contributed by atoms with Gasteiger partial charge in [-0.3, -0.25) is 0 Å². The number of aryl methyl sites for hydroxylation is 3. The van der Waals surface area contributed by atoms with Crippen LogP contribution < -0.4 is 51.4 Å². The zero-order chi connectivity index (χ0) is 8.97. The standard InChI is InChI=1S/C12H18.K.H/c1-4-10-7-11(5-2)9-12(6-3)8-10;;/h7-9H,4-6H2,1-3H3;;/q;+1;-1. The van der Waals surface area contributed by atoms with Gasteiger partial charge in [-0.05, 0) is 36.0 Å². The van der Waals surface area contributed by atoms with Crippen molar-refractivity contribution in [3.05, 3.63) is 34.9 Å². The van der Waals surface area contributed by atoms with Crippen molar-refractivity contribution in [1.29, 1.82) is 0 Å². The first-order valence-corrected chi connectivity index (χ1v) is 4.91. The van der Waals surface area contributed by atoms with Gasteiger partial charge in [0.25, 0.3) is 0 Å². The molecule has 0 unspecified atom stereocenters. The Bertz CT molecular complexity index is 203. The Morgan fingerprint density at radius 2 is 1.00 bits per heavy atom. The number of hydrogen-bond acceptors (Lipinski definition) is 0. The summed E-state index contributed by atoms with van der Waals surface area (Å²) in [4.78, 5) is 0. The topological polar surface area (TPSA) is 0 Å². The van der Waals surface area contributed by atoms with Gasteiger partial charge in [0.1, 0.15) is 0 Å². The van der Waals surface area contributed by atoms with Crippen molar-refractivity contribution >= 4 is 0 Å². The summed E-state index contributed by atoms with van der Waals surface area (Å²) in [7, 11) is 0. The molecule has 1 aromatic carbocycles. The molecule has 68 valence electrons. The molecule has 0 aliphatic rings. The molecule has 0 saturated carbocycles. The van der Waals surface area contributed by atoms with Crippen LogP contribution in [-0.2, 0) is 19.3 Å². The summed E-state index contributed by atoms with van der Waals surface area (Å²) in [5.74, 6) is 0. The maximum Gasteiger partial charge on any atom is 1.00 e. The van der Waals surface area contributed by atoms with Crippen LogP contribution in [-0.4, -0.2) is 0 Å². The van der Waals surface area contributed by atoms with Crippen molar-refractivity contribution < 1.29 is 52.8 Å². The molecule has 0 spiro atoms. The fourth-order valence-electron chi connectivity index (χ4n) is 1.45. The van der Waals surface area contributed by atoms with E-state index in [4.69, 9.17) is 0 Å². The van der Waals surface area contributed by atoms with Gasteiger partial charge in [0.15, 0.2) is 0 Å². The van der Waals surface area contributed by atoms with Crippen LogP contribution in [0.5, 0.6) is 0 Å². The third-order valence-electron chi connectivity index (χ3n) is 2.34. The Morgan fingerprint density at radius 1 is 0.769 bits per heavy atom. The number of hydrogen-bond donors (Lipinski definition) is 0. The fraction of sp³-hybridized carbons (Fsp3) is 0.500. The van der Waals surface area contributed by atoms with Crippen molar-refractivity contribution in [2.45, 2.75) is 40.0 Å². The predicted molar refractivity (Wildman–Crippen MR) is 55.7 cm³/mol. The molecule has 13 heavy (non-hydrogen) atoms. The Balaban J connectivity index is 0. The van der Waals surface area contributed by atoms with Crippen molar-refractivity contribution in [1.82, 2.24) is 0 Å². The maximum absolute atomic E-state index is 2.32. The van der Waals surface area contributed by atoms with Crippen molar-refractivity contribution in [2.75, 3.05) is 0 Å². The monoisotopic (exact) mass is 202 g/mol. The molecule has 0 saturated heterocycles. The van der Waals surface area contributed by atoms with Gasteiger partial charge in [-0.2, -0.15) is 0 Å². The van der Waals surface area contributed by atoms with Crippen molar-refractivity contribution in [3.8, 4) is 0 Å². The summed E-state index contributed by atoms with van der Waals surface area (Å²) in [5.41, 5.74) is 4.43. The molecule has 0 fully saturated rings. The van der Waals surface area contributed by atoms with Gasteiger partial charge in [-0.15, -0.1) is 0 Å². The van der Waals surface area contributed by atoms with Crippen molar-refractivity contribution in [3.63, 3.8) is 0 Å². The van der Waals surface area contributed by atoms with Gasteiger partial charge in [0.05, 0.1) is 0 Å². The fourth-order valence-corrected chi connectivity index (χ4v) is 1.45. The van der Waals surface area contributed by atoms with E-state index in [2.05, 4.69) is 39.0 Å². The molecule has 0 N–H and O–H groups in total. The molecule has 0 aliphatic heterocycles. The van der Waals surface area contributed by atoms with E-state index in [0.29, 0.717) is 0 Å². The summed E-state index contributed by atoms with van der Waals surface area (Å²) >= 11 is 0. The second-order valence-corrected chi connectivity index (χ2v) is 3.22. The second kappa shape index (κ2) is 7.19. The van der Waals surface area contributed by atoms with Crippen LogP contribution >= 0.6 is 0 Å². The van der Waals surface area contributed by atoms with E-state index in [1.54, 1.807) is 0 Å². The van der Waals surface area contributed by atoms with Crippen LogP contribution in [0.25, 0.3) is 0 Å². The van der Waals surface area contributed by atoms with Gasteiger partial charge in [0.2, 0.25) is 0 Å². The first-order chi connectivity index (χ1) is 5.80. The summed E-state index contributed by atoms with van der Waals surface area (Å²) in [6.45, 7) is 6.65. The van der Waals surface area contributed by atoms with Crippen LogP contribution in [0.15, 0.2) is 18.2 Å². The summed E-state index contributed by atoms with van der Waals surface area (Å²) in [6, 6.07) is 6.96. The second-order valence-electron chi connectivity index (χ2n) is 3.22. The minimum Gasteiger partial charge on any atom is -1.00 e. The normalized spacial score (nSPS) is 9.46. The summed E-state index contributed by atoms with van der Waals surface area (Å²) in [6.07, 6.45) is 3.46. The average molecular weight is 202 g/mol. The quantitative estimate of drug-likeness (QED) is 0.626. The molecule has 0 radical (unpaired) electrons. The minimum atomic E-state index is 0. The van der Waals surface area contributed by atoms with E-state index in [1.165, 1.54) is 16.7 Å². The molecule has 1 rings (SSSR count). The van der Waals surface area contributed by atoms with E-state index >= 15 is 0 Å². The molecule has 1 heteroatoms. The first kappa shape index (κ1) is 13.9. The van der Waals surface area contributed by atoms with Gasteiger partial charge in [0, 0.05) is 0 Å². The van der Waals surface area contributed by atoms with E-state index in [1.807, 2.05) is 0 Å². The molecule has 0 aliphatic carbocycles. The molecular weight excluding hydrogens is 183 g/mol. The number of benzene rings is 1. The third kappa shape index (κ3) is 4.26. The van der Waals surface area contributed by atoms with Gasteiger partial charge in [-0.1, -0.05) is 39.0 Å². The largest absolute Gasteiger partial charge is 1.00 e. The third-order valence-corrected chi connectivity index (χ3v) is 2.34. The smallest absolute Gasteiger partial charge is 1.00 e. The minimum absolute atomic E-state index is 0. The first-order valence-electron chi connectivity index (χ1n) is 4.91. The van der Waals surface area contributed by atoms with Crippen LogP contribution in [0.2, 0.25) is 0 Å². The van der Waals surface area contributed by atoms with Crippen LogP contribution in [0, 0.1) is 0 Å². The van der Waals surface area contributed by atoms with Crippen molar-refractivity contribution in [2.24, 2.45) is 0 Å². The maximum atomic E-state index is 2.32. The summed E-state index contributed by atoms with van der Waals surface area (Å²) < 4.78 is 0. The average Bonchev–Trinajstić information content (AvgIpc) is 2.16. The van der Waals surface area contributed by atoms with Gasteiger partial charge in [-0.25, -0.2) is 0 Å². The Kier molecular flexibility index (Phi) is 7.66. The molecule has 0 amide bonds. The van der Waals surface area contributed by atoms with E-state index in [-0.39, 0.29) is 52.8 Å². The van der Waals surface area contributed by atoms with Crippen LogP contribution in [0.1, 0.15) is 38.9 Å². The van der Waals surface area contributed by atoms with Gasteiger partial charge < -0.3 is 1.43 Å². The van der Waals surface area contributed by atoms with E-state index in [9.17, 15) is 0 Å². The summed E-state index contributed by atoms with van der Waals surface area (Å²) in [5, 5.41) is 0. The van der Waals surface area contributed by atoms with Gasteiger partial charge >= 0.3 is 51.4 Å². The Hall–Kier alpha value is 0.856. The molecule has 0 heterocycles. The Morgan fingerprint density at radius 3 is 1.15 bits per heavy atom. The zero-order valence-electron chi connectivity index (χ0n) is 10.4. The molecular formula is C12H19K.